The maximum absolute atomic E-state index is 5.35. The van der Waals surface area contributed by atoms with E-state index in [0.29, 0.717) is 5.95 Å². The van der Waals surface area contributed by atoms with Crippen LogP contribution in [0.2, 0.25) is 0 Å². The fourth-order valence-corrected chi connectivity index (χ4v) is 2.74. The molecular formula is C21H24N4O2. The van der Waals surface area contributed by atoms with Crippen LogP contribution in [-0.2, 0) is 6.42 Å². The van der Waals surface area contributed by atoms with Gasteiger partial charge in [-0.15, -0.1) is 0 Å². The highest BCUT2D eigenvalue weighted by molar-refractivity contribution is 5.55. The zero-order chi connectivity index (χ0) is 19.1. The summed E-state index contributed by atoms with van der Waals surface area (Å²) in [5, 5.41) is 6.56. The Balaban J connectivity index is 1.58. The van der Waals surface area contributed by atoms with Crippen molar-refractivity contribution in [1.82, 2.24) is 9.97 Å². The highest BCUT2D eigenvalue weighted by Crippen LogP contribution is 2.27. The minimum absolute atomic E-state index is 0.566. The molecule has 0 unspecified atom stereocenters. The van der Waals surface area contributed by atoms with Gasteiger partial charge in [-0.2, -0.15) is 4.98 Å². The van der Waals surface area contributed by atoms with Gasteiger partial charge in [0.25, 0.3) is 0 Å². The number of hydrogen-bond acceptors (Lipinski definition) is 6. The van der Waals surface area contributed by atoms with Crippen LogP contribution < -0.4 is 20.1 Å². The van der Waals surface area contributed by atoms with Gasteiger partial charge in [-0.3, -0.25) is 0 Å². The van der Waals surface area contributed by atoms with Crippen molar-refractivity contribution >= 4 is 17.5 Å². The second kappa shape index (κ2) is 8.89. The van der Waals surface area contributed by atoms with Crippen LogP contribution >= 0.6 is 0 Å². The average Bonchev–Trinajstić information content (AvgIpc) is 2.68. The van der Waals surface area contributed by atoms with Gasteiger partial charge in [-0.25, -0.2) is 4.98 Å². The first-order valence-corrected chi connectivity index (χ1v) is 8.79. The second-order valence-electron chi connectivity index (χ2n) is 6.13. The normalized spacial score (nSPS) is 10.3. The number of ether oxygens (including phenoxy) is 2. The molecule has 3 aromatic rings. The van der Waals surface area contributed by atoms with Crippen LogP contribution in [0.5, 0.6) is 11.5 Å². The first kappa shape index (κ1) is 18.5. The molecule has 0 spiro atoms. The summed E-state index contributed by atoms with van der Waals surface area (Å²) < 4.78 is 10.6. The van der Waals surface area contributed by atoms with Crippen LogP contribution in [0.1, 0.15) is 11.1 Å². The zero-order valence-electron chi connectivity index (χ0n) is 15.8. The van der Waals surface area contributed by atoms with Crippen molar-refractivity contribution in [2.45, 2.75) is 13.3 Å². The molecule has 6 nitrogen and oxygen atoms in total. The lowest BCUT2D eigenvalue weighted by molar-refractivity contribution is 0.354. The van der Waals surface area contributed by atoms with Gasteiger partial charge in [-0.1, -0.05) is 18.2 Å². The van der Waals surface area contributed by atoms with Crippen molar-refractivity contribution in [3.8, 4) is 11.5 Å². The Kier molecular flexibility index (Phi) is 6.10. The summed E-state index contributed by atoms with van der Waals surface area (Å²) in [5.41, 5.74) is 3.31. The Morgan fingerprint density at radius 1 is 0.963 bits per heavy atom. The number of benzene rings is 2. The number of rotatable bonds is 8. The maximum Gasteiger partial charge on any atom is 0.229 e. The molecule has 0 bridgehead atoms. The predicted octanol–water partition coefficient (Wildman–Crippen LogP) is 4.20. The molecule has 140 valence electrons. The third-order valence-electron chi connectivity index (χ3n) is 4.10. The molecule has 1 heterocycles. The summed E-state index contributed by atoms with van der Waals surface area (Å²) in [7, 11) is 3.28. The van der Waals surface area contributed by atoms with Crippen molar-refractivity contribution in [3.63, 3.8) is 0 Å². The van der Waals surface area contributed by atoms with Crippen molar-refractivity contribution in [3.05, 3.63) is 65.9 Å². The molecule has 0 saturated carbocycles. The van der Waals surface area contributed by atoms with Gasteiger partial charge >= 0.3 is 0 Å². The molecule has 0 aliphatic rings. The molecule has 0 aliphatic heterocycles. The molecule has 1 aromatic heterocycles. The van der Waals surface area contributed by atoms with Crippen molar-refractivity contribution < 1.29 is 9.47 Å². The van der Waals surface area contributed by atoms with Crippen molar-refractivity contribution in [2.75, 3.05) is 31.4 Å². The van der Waals surface area contributed by atoms with Crippen molar-refractivity contribution in [1.29, 1.82) is 0 Å². The zero-order valence-corrected chi connectivity index (χ0v) is 15.8. The minimum Gasteiger partial charge on any atom is -0.493 e. The first-order valence-electron chi connectivity index (χ1n) is 8.79. The Morgan fingerprint density at radius 3 is 2.59 bits per heavy atom. The van der Waals surface area contributed by atoms with Gasteiger partial charge in [0, 0.05) is 18.4 Å². The number of aromatic nitrogens is 2. The molecule has 0 amide bonds. The summed E-state index contributed by atoms with van der Waals surface area (Å²) in [6.07, 6.45) is 2.58. The molecule has 0 aliphatic carbocycles. The van der Waals surface area contributed by atoms with Gasteiger partial charge in [0.2, 0.25) is 5.95 Å². The molecule has 2 N–H and O–H groups in total. The average molecular weight is 364 g/mol. The number of aryl methyl sites for hydroxylation is 1. The number of anilines is 3. The molecule has 3 rings (SSSR count). The SMILES string of the molecule is COc1ccc(CCNc2ccnc(Nc3cccc(C)c3)n2)cc1OC. The lowest BCUT2D eigenvalue weighted by atomic mass is 10.1. The van der Waals surface area contributed by atoms with Crippen LogP contribution in [0.3, 0.4) is 0 Å². The molecule has 0 radical (unpaired) electrons. The Hall–Kier alpha value is -3.28. The monoisotopic (exact) mass is 364 g/mol. The van der Waals surface area contributed by atoms with E-state index in [1.807, 2.05) is 36.4 Å². The maximum atomic E-state index is 5.35. The highest BCUT2D eigenvalue weighted by atomic mass is 16.5. The van der Waals surface area contributed by atoms with E-state index in [4.69, 9.17) is 9.47 Å². The summed E-state index contributed by atoms with van der Waals surface area (Å²) in [6, 6.07) is 15.9. The molecule has 0 saturated heterocycles. The summed E-state index contributed by atoms with van der Waals surface area (Å²) >= 11 is 0. The fourth-order valence-electron chi connectivity index (χ4n) is 2.74. The third kappa shape index (κ3) is 5.10. The van der Waals surface area contributed by atoms with Gasteiger partial charge in [0.05, 0.1) is 14.2 Å². The van der Waals surface area contributed by atoms with E-state index in [0.717, 1.165) is 41.5 Å². The molecule has 27 heavy (non-hydrogen) atoms. The predicted molar refractivity (Wildman–Crippen MR) is 108 cm³/mol. The molecule has 2 aromatic carbocycles. The smallest absolute Gasteiger partial charge is 0.229 e. The van der Waals surface area contributed by atoms with Crippen molar-refractivity contribution in [2.24, 2.45) is 0 Å². The first-order chi connectivity index (χ1) is 13.2. The fraction of sp³-hybridized carbons (Fsp3) is 0.238. The Labute approximate surface area is 159 Å². The van der Waals surface area contributed by atoms with Crippen LogP contribution in [-0.4, -0.2) is 30.7 Å². The summed E-state index contributed by atoms with van der Waals surface area (Å²) in [6.45, 7) is 2.80. The lowest BCUT2D eigenvalue weighted by Gasteiger charge is -2.11. The van der Waals surface area contributed by atoms with Crippen LogP contribution in [0.15, 0.2) is 54.7 Å². The van der Waals surface area contributed by atoms with Crippen LogP contribution in [0.4, 0.5) is 17.5 Å². The Bertz CT molecular complexity index is 899. The summed E-state index contributed by atoms with van der Waals surface area (Å²) in [5.74, 6) is 2.82. The van der Waals surface area contributed by atoms with E-state index < -0.39 is 0 Å². The van der Waals surface area contributed by atoms with E-state index in [2.05, 4.69) is 39.7 Å². The van der Waals surface area contributed by atoms with E-state index in [-0.39, 0.29) is 0 Å². The Morgan fingerprint density at radius 2 is 1.81 bits per heavy atom. The quantitative estimate of drug-likeness (QED) is 0.624. The van der Waals surface area contributed by atoms with Gasteiger partial charge < -0.3 is 20.1 Å². The number of methoxy groups -OCH3 is 2. The van der Waals surface area contributed by atoms with E-state index >= 15 is 0 Å². The van der Waals surface area contributed by atoms with Gasteiger partial charge in [0.1, 0.15) is 5.82 Å². The lowest BCUT2D eigenvalue weighted by Crippen LogP contribution is -2.08. The van der Waals surface area contributed by atoms with Crippen LogP contribution in [0.25, 0.3) is 0 Å². The standard InChI is InChI=1S/C21H24N4O2/c1-15-5-4-6-17(13-15)24-21-23-12-10-20(25-21)22-11-9-16-7-8-18(26-2)19(14-16)27-3/h4-8,10,12-14H,9,11H2,1-3H3,(H2,22,23,24,25). The summed E-state index contributed by atoms with van der Waals surface area (Å²) in [4.78, 5) is 8.79. The number of hydrogen-bond donors (Lipinski definition) is 2. The largest absolute Gasteiger partial charge is 0.493 e. The van der Waals surface area contributed by atoms with Gasteiger partial charge in [0.15, 0.2) is 11.5 Å². The molecular weight excluding hydrogens is 340 g/mol. The molecule has 0 atom stereocenters. The van der Waals surface area contributed by atoms with E-state index in [1.54, 1.807) is 20.4 Å². The number of nitrogens with one attached hydrogen (secondary N) is 2. The van der Waals surface area contributed by atoms with Gasteiger partial charge in [-0.05, 0) is 54.8 Å². The molecule has 6 heteroatoms. The topological polar surface area (TPSA) is 68.3 Å². The number of nitrogens with zero attached hydrogens (tertiary/aromatic N) is 2. The van der Waals surface area contributed by atoms with E-state index in [9.17, 15) is 0 Å². The highest BCUT2D eigenvalue weighted by Gasteiger charge is 2.05. The molecule has 0 fully saturated rings. The van der Waals surface area contributed by atoms with E-state index in [1.165, 1.54) is 5.56 Å². The van der Waals surface area contributed by atoms with Crippen LogP contribution in [0, 0.1) is 6.92 Å². The third-order valence-corrected chi connectivity index (χ3v) is 4.10. The minimum atomic E-state index is 0.566. The second-order valence-corrected chi connectivity index (χ2v) is 6.13.